The maximum absolute atomic E-state index is 13.5. The van der Waals surface area contributed by atoms with Crippen LogP contribution in [-0.2, 0) is 6.42 Å². The van der Waals surface area contributed by atoms with Crippen LogP contribution in [0.4, 0.5) is 8.78 Å². The molecule has 0 amide bonds. The Labute approximate surface area is 109 Å². The summed E-state index contributed by atoms with van der Waals surface area (Å²) in [4.78, 5) is 4.05. The van der Waals surface area contributed by atoms with Crippen LogP contribution >= 0.6 is 0 Å². The summed E-state index contributed by atoms with van der Waals surface area (Å²) in [6.07, 6.45) is 0.515. The molecule has 1 heterocycles. The molecule has 0 fully saturated rings. The molecule has 1 unspecified atom stereocenters. The number of benzene rings is 1. The molecular weight excluding hydrogens is 252 g/mol. The summed E-state index contributed by atoms with van der Waals surface area (Å²) in [5, 5.41) is 6.70. The number of aryl methyl sites for hydroxylation is 1. The van der Waals surface area contributed by atoms with Gasteiger partial charge in [-0.25, -0.2) is 8.78 Å². The molecule has 1 aromatic carbocycles. The third-order valence-electron chi connectivity index (χ3n) is 2.79. The monoisotopic (exact) mass is 267 g/mol. The third kappa shape index (κ3) is 3.35. The van der Waals surface area contributed by atoms with E-state index in [1.165, 1.54) is 18.2 Å². The van der Waals surface area contributed by atoms with Gasteiger partial charge in [0.05, 0.1) is 0 Å². The molecule has 0 saturated heterocycles. The summed E-state index contributed by atoms with van der Waals surface area (Å²) in [7, 11) is 0. The van der Waals surface area contributed by atoms with Gasteiger partial charge >= 0.3 is 0 Å². The molecule has 19 heavy (non-hydrogen) atoms. The molecule has 2 rings (SSSR count). The van der Waals surface area contributed by atoms with Crippen molar-refractivity contribution >= 4 is 0 Å². The van der Waals surface area contributed by atoms with Crippen molar-refractivity contribution in [2.45, 2.75) is 26.3 Å². The molecule has 1 aromatic heterocycles. The van der Waals surface area contributed by atoms with Gasteiger partial charge in [0.25, 0.3) is 0 Å². The van der Waals surface area contributed by atoms with E-state index in [1.54, 1.807) is 13.8 Å². The van der Waals surface area contributed by atoms with E-state index in [1.807, 2.05) is 0 Å². The van der Waals surface area contributed by atoms with Gasteiger partial charge in [0.2, 0.25) is 5.89 Å². The fourth-order valence-corrected chi connectivity index (χ4v) is 1.86. The zero-order valence-electron chi connectivity index (χ0n) is 10.8. The first-order valence-corrected chi connectivity index (χ1v) is 6.04. The second-order valence-corrected chi connectivity index (χ2v) is 4.30. The van der Waals surface area contributed by atoms with Crippen LogP contribution in [0.5, 0.6) is 0 Å². The third-order valence-corrected chi connectivity index (χ3v) is 2.79. The number of nitrogens with zero attached hydrogens (tertiary/aromatic N) is 2. The number of aromatic nitrogens is 2. The molecule has 0 aliphatic carbocycles. The van der Waals surface area contributed by atoms with Crippen LogP contribution in [0.25, 0.3) is 0 Å². The fraction of sp³-hybridized carbons (Fsp3) is 0.385. The van der Waals surface area contributed by atoms with Crippen molar-refractivity contribution in [3.05, 3.63) is 47.1 Å². The van der Waals surface area contributed by atoms with Crippen LogP contribution < -0.4 is 5.32 Å². The molecule has 0 bridgehead atoms. The number of rotatable bonds is 5. The molecule has 4 nitrogen and oxygen atoms in total. The van der Waals surface area contributed by atoms with E-state index in [-0.39, 0.29) is 5.56 Å². The van der Waals surface area contributed by atoms with Crippen LogP contribution in [0.3, 0.4) is 0 Å². The Hall–Kier alpha value is -1.82. The van der Waals surface area contributed by atoms with E-state index in [0.717, 1.165) is 0 Å². The lowest BCUT2D eigenvalue weighted by Crippen LogP contribution is -2.23. The number of nitrogens with one attached hydrogen (secondary N) is 1. The smallest absolute Gasteiger partial charge is 0.227 e. The average Bonchev–Trinajstić information content (AvgIpc) is 2.75. The van der Waals surface area contributed by atoms with Crippen molar-refractivity contribution in [2.75, 3.05) is 6.54 Å². The van der Waals surface area contributed by atoms with Crippen molar-refractivity contribution in [1.82, 2.24) is 15.5 Å². The summed E-state index contributed by atoms with van der Waals surface area (Å²) < 4.78 is 32.0. The fourth-order valence-electron chi connectivity index (χ4n) is 1.86. The highest BCUT2D eigenvalue weighted by atomic mass is 19.1. The van der Waals surface area contributed by atoms with Gasteiger partial charge in [-0.3, -0.25) is 0 Å². The first kappa shape index (κ1) is 13.6. The Morgan fingerprint density at radius 3 is 2.58 bits per heavy atom. The molecule has 1 N–H and O–H groups in total. The molecule has 0 aliphatic rings. The Kier molecular flexibility index (Phi) is 4.21. The van der Waals surface area contributed by atoms with E-state index in [2.05, 4.69) is 15.5 Å². The number of hydrogen-bond acceptors (Lipinski definition) is 4. The predicted octanol–water partition coefficient (Wildman–Crippen LogP) is 2.55. The van der Waals surface area contributed by atoms with Crippen LogP contribution in [0, 0.1) is 18.6 Å². The predicted molar refractivity (Wildman–Crippen MR) is 65.5 cm³/mol. The Morgan fingerprint density at radius 2 is 2.00 bits per heavy atom. The molecule has 0 aliphatic heterocycles. The summed E-state index contributed by atoms with van der Waals surface area (Å²) in [6.45, 7) is 3.94. The molecule has 102 valence electrons. The summed E-state index contributed by atoms with van der Waals surface area (Å²) in [5.74, 6) is -0.0170. The standard InChI is InChI=1S/C13H15F2N3O/c1-8(13-10(14)4-3-5-11(13)15)16-7-6-12-17-9(2)18-19-12/h3-5,8,16H,6-7H2,1-2H3. The Bertz CT molecular complexity index is 536. The highest BCUT2D eigenvalue weighted by Crippen LogP contribution is 2.19. The van der Waals surface area contributed by atoms with Crippen LogP contribution in [-0.4, -0.2) is 16.7 Å². The first-order valence-electron chi connectivity index (χ1n) is 6.04. The van der Waals surface area contributed by atoms with Crippen LogP contribution in [0.1, 0.15) is 30.2 Å². The summed E-state index contributed by atoms with van der Waals surface area (Å²) in [6, 6.07) is 3.42. The second-order valence-electron chi connectivity index (χ2n) is 4.30. The van der Waals surface area contributed by atoms with Crippen LogP contribution in [0.2, 0.25) is 0 Å². The van der Waals surface area contributed by atoms with Gasteiger partial charge in [-0.15, -0.1) is 0 Å². The van der Waals surface area contributed by atoms with Gasteiger partial charge in [0, 0.05) is 24.6 Å². The molecule has 6 heteroatoms. The zero-order valence-corrected chi connectivity index (χ0v) is 10.8. The second kappa shape index (κ2) is 5.88. The lowest BCUT2D eigenvalue weighted by atomic mass is 10.1. The zero-order chi connectivity index (χ0) is 13.8. The number of halogens is 2. The minimum atomic E-state index is -0.548. The van der Waals surface area contributed by atoms with Crippen LogP contribution in [0.15, 0.2) is 22.7 Å². The van der Waals surface area contributed by atoms with Gasteiger partial charge in [0.1, 0.15) is 11.6 Å². The molecule has 0 radical (unpaired) electrons. The maximum atomic E-state index is 13.5. The molecule has 0 saturated carbocycles. The minimum Gasteiger partial charge on any atom is -0.339 e. The van der Waals surface area contributed by atoms with Gasteiger partial charge in [0.15, 0.2) is 5.82 Å². The Morgan fingerprint density at radius 1 is 1.32 bits per heavy atom. The molecule has 0 spiro atoms. The van der Waals surface area contributed by atoms with Gasteiger partial charge < -0.3 is 9.84 Å². The minimum absolute atomic E-state index is 0.0456. The summed E-state index contributed by atoms with van der Waals surface area (Å²) in [5.41, 5.74) is 0.0456. The van der Waals surface area contributed by atoms with E-state index < -0.39 is 17.7 Å². The highest BCUT2D eigenvalue weighted by Gasteiger charge is 2.15. The van der Waals surface area contributed by atoms with Gasteiger partial charge in [-0.1, -0.05) is 11.2 Å². The van der Waals surface area contributed by atoms with E-state index in [4.69, 9.17) is 4.52 Å². The quantitative estimate of drug-likeness (QED) is 0.904. The van der Waals surface area contributed by atoms with Gasteiger partial charge in [-0.05, 0) is 26.0 Å². The maximum Gasteiger partial charge on any atom is 0.227 e. The van der Waals surface area contributed by atoms with Crippen molar-refractivity contribution in [3.63, 3.8) is 0 Å². The largest absolute Gasteiger partial charge is 0.339 e. The molecule has 1 atom stereocenters. The first-order chi connectivity index (χ1) is 9.08. The Balaban J connectivity index is 1.92. The normalized spacial score (nSPS) is 12.6. The van der Waals surface area contributed by atoms with Crippen molar-refractivity contribution in [2.24, 2.45) is 0 Å². The van der Waals surface area contributed by atoms with Gasteiger partial charge in [-0.2, -0.15) is 4.98 Å². The highest BCUT2D eigenvalue weighted by molar-refractivity contribution is 5.22. The summed E-state index contributed by atoms with van der Waals surface area (Å²) >= 11 is 0. The van der Waals surface area contributed by atoms with E-state index >= 15 is 0 Å². The average molecular weight is 267 g/mol. The SMILES string of the molecule is Cc1noc(CCNC(C)c2c(F)cccc2F)n1. The van der Waals surface area contributed by atoms with E-state index in [9.17, 15) is 8.78 Å². The van der Waals surface area contributed by atoms with Crippen molar-refractivity contribution in [3.8, 4) is 0 Å². The van der Waals surface area contributed by atoms with Crippen molar-refractivity contribution in [1.29, 1.82) is 0 Å². The van der Waals surface area contributed by atoms with E-state index in [0.29, 0.717) is 24.7 Å². The molecular formula is C13H15F2N3O. The number of hydrogen-bond donors (Lipinski definition) is 1. The van der Waals surface area contributed by atoms with Crippen molar-refractivity contribution < 1.29 is 13.3 Å². The lowest BCUT2D eigenvalue weighted by molar-refractivity contribution is 0.369. The molecule has 2 aromatic rings. The lowest BCUT2D eigenvalue weighted by Gasteiger charge is -2.15. The topological polar surface area (TPSA) is 51.0 Å².